The molecule has 1 saturated heterocycles. The Hall–Kier alpha value is -1.63. The minimum absolute atomic E-state index is 0.0884. The van der Waals surface area contributed by atoms with Crippen LogP contribution in [0, 0.1) is 0 Å². The van der Waals surface area contributed by atoms with Crippen LogP contribution in [0.3, 0.4) is 0 Å². The number of hydrogen-bond acceptors (Lipinski definition) is 4. The zero-order valence-corrected chi connectivity index (χ0v) is 7.52. The Balaban J connectivity index is 2.61. The zero-order chi connectivity index (χ0) is 10.7. The molecule has 7 nitrogen and oxygen atoms in total. The molecule has 1 aliphatic heterocycles. The number of nitrogens with one attached hydrogen (secondary N) is 1. The van der Waals surface area contributed by atoms with Gasteiger partial charge >= 0.3 is 12.0 Å². The number of imide groups is 1. The first-order valence-corrected chi connectivity index (χ1v) is 3.90. The van der Waals surface area contributed by atoms with Gasteiger partial charge in [0.2, 0.25) is 5.91 Å². The van der Waals surface area contributed by atoms with Crippen LogP contribution in [-0.2, 0) is 14.3 Å². The van der Waals surface area contributed by atoms with Crippen molar-refractivity contribution in [1.82, 2.24) is 10.2 Å². The lowest BCUT2D eigenvalue weighted by Gasteiger charge is -2.16. The Morgan fingerprint density at radius 2 is 2.36 bits per heavy atom. The minimum atomic E-state index is -1.21. The number of methoxy groups -OCH3 is 1. The molecule has 0 saturated carbocycles. The fourth-order valence-corrected chi connectivity index (χ4v) is 1.06. The van der Waals surface area contributed by atoms with E-state index in [2.05, 4.69) is 10.1 Å². The smallest absolute Gasteiger partial charge is 0.334 e. The maximum Gasteiger partial charge on any atom is 0.334 e. The first kappa shape index (κ1) is 10.5. The highest BCUT2D eigenvalue weighted by Crippen LogP contribution is 2.02. The van der Waals surface area contributed by atoms with Gasteiger partial charge < -0.3 is 15.2 Å². The van der Waals surface area contributed by atoms with Gasteiger partial charge in [-0.1, -0.05) is 0 Å². The van der Waals surface area contributed by atoms with Gasteiger partial charge in [-0.25, -0.2) is 9.59 Å². The van der Waals surface area contributed by atoms with Crippen molar-refractivity contribution in [3.05, 3.63) is 0 Å². The van der Waals surface area contributed by atoms with Gasteiger partial charge in [0.15, 0.2) is 6.10 Å². The van der Waals surface area contributed by atoms with Crippen LogP contribution in [0.1, 0.15) is 0 Å². The molecule has 1 heterocycles. The summed E-state index contributed by atoms with van der Waals surface area (Å²) >= 11 is 0. The van der Waals surface area contributed by atoms with E-state index in [0.29, 0.717) is 0 Å². The van der Waals surface area contributed by atoms with Gasteiger partial charge in [-0.2, -0.15) is 0 Å². The van der Waals surface area contributed by atoms with Crippen molar-refractivity contribution in [1.29, 1.82) is 0 Å². The Bertz CT molecular complexity index is 261. The van der Waals surface area contributed by atoms with E-state index < -0.39 is 24.0 Å². The van der Waals surface area contributed by atoms with Crippen molar-refractivity contribution in [2.24, 2.45) is 0 Å². The van der Waals surface area contributed by atoms with Crippen LogP contribution in [-0.4, -0.2) is 54.2 Å². The van der Waals surface area contributed by atoms with E-state index >= 15 is 0 Å². The summed E-state index contributed by atoms with van der Waals surface area (Å²) in [5.74, 6) is -1.65. The Morgan fingerprint density at radius 3 is 2.71 bits per heavy atom. The third-order valence-corrected chi connectivity index (χ3v) is 1.85. The van der Waals surface area contributed by atoms with Crippen LogP contribution < -0.4 is 5.32 Å². The molecule has 14 heavy (non-hydrogen) atoms. The van der Waals surface area contributed by atoms with E-state index in [9.17, 15) is 14.4 Å². The highest BCUT2D eigenvalue weighted by molar-refractivity contribution is 6.02. The maximum absolute atomic E-state index is 11.1. The maximum atomic E-state index is 11.1. The molecule has 3 amide bonds. The second kappa shape index (κ2) is 4.05. The molecule has 7 heteroatoms. The predicted octanol–water partition coefficient (Wildman–Crippen LogP) is -1.36. The molecule has 1 rings (SSSR count). The molecular weight excluding hydrogens is 192 g/mol. The monoisotopic (exact) mass is 202 g/mol. The van der Waals surface area contributed by atoms with E-state index in [1.54, 1.807) is 0 Å². The Labute approximate surface area is 79.6 Å². The standard InChI is InChI=1S/C7H10N2O5/c1-14-4(6(11)12)3-9-5(10)2-8-7(9)13/h4H,2-3H2,1H3,(H,8,13)(H,11,12). The molecule has 0 aromatic heterocycles. The van der Waals surface area contributed by atoms with Crippen molar-refractivity contribution < 1.29 is 24.2 Å². The molecule has 0 radical (unpaired) electrons. The van der Waals surface area contributed by atoms with E-state index in [1.165, 1.54) is 7.11 Å². The van der Waals surface area contributed by atoms with Crippen LogP contribution in [0.25, 0.3) is 0 Å². The summed E-state index contributed by atoms with van der Waals surface area (Å²) in [5.41, 5.74) is 0. The van der Waals surface area contributed by atoms with Crippen molar-refractivity contribution in [2.45, 2.75) is 6.10 Å². The molecule has 1 aliphatic rings. The average Bonchev–Trinajstić information content (AvgIpc) is 2.43. The van der Waals surface area contributed by atoms with Crippen LogP contribution in [0.4, 0.5) is 4.79 Å². The van der Waals surface area contributed by atoms with E-state index in [1.807, 2.05) is 0 Å². The Morgan fingerprint density at radius 1 is 1.71 bits per heavy atom. The number of amides is 3. The number of urea groups is 1. The quantitative estimate of drug-likeness (QED) is 0.549. The summed E-state index contributed by atoms with van der Waals surface area (Å²) in [5, 5.41) is 10.9. The van der Waals surface area contributed by atoms with E-state index in [4.69, 9.17) is 5.11 Å². The summed E-state index contributed by atoms with van der Waals surface area (Å²) in [7, 11) is 1.21. The molecule has 1 atom stereocenters. The number of rotatable bonds is 4. The lowest BCUT2D eigenvalue weighted by atomic mass is 10.3. The number of nitrogens with zero attached hydrogens (tertiary/aromatic N) is 1. The zero-order valence-electron chi connectivity index (χ0n) is 7.52. The number of carboxylic acid groups (broad SMARTS) is 1. The highest BCUT2D eigenvalue weighted by atomic mass is 16.5. The van der Waals surface area contributed by atoms with Gasteiger partial charge in [-0.15, -0.1) is 0 Å². The van der Waals surface area contributed by atoms with Crippen molar-refractivity contribution >= 4 is 17.9 Å². The summed E-state index contributed by atoms with van der Waals surface area (Å²) in [6.45, 7) is -0.356. The number of hydrogen-bond donors (Lipinski definition) is 2. The summed E-state index contributed by atoms with van der Waals surface area (Å²) in [6.07, 6.45) is -1.18. The molecule has 0 bridgehead atoms. The number of aliphatic carboxylic acids is 1. The molecular formula is C7H10N2O5. The van der Waals surface area contributed by atoms with Crippen LogP contribution in [0.2, 0.25) is 0 Å². The molecule has 1 unspecified atom stereocenters. The van der Waals surface area contributed by atoms with Gasteiger partial charge in [0, 0.05) is 7.11 Å². The van der Waals surface area contributed by atoms with Gasteiger partial charge in [0.1, 0.15) is 0 Å². The molecule has 2 N–H and O–H groups in total. The predicted molar refractivity (Wildman–Crippen MR) is 43.5 cm³/mol. The lowest BCUT2D eigenvalue weighted by molar-refractivity contribution is -0.149. The molecule has 0 aromatic carbocycles. The summed E-state index contributed by atoms with van der Waals surface area (Å²) in [4.78, 5) is 33.4. The molecule has 0 aliphatic carbocycles. The molecule has 1 fully saturated rings. The van der Waals surface area contributed by atoms with Crippen LogP contribution in [0.15, 0.2) is 0 Å². The average molecular weight is 202 g/mol. The molecule has 0 aromatic rings. The molecule has 0 spiro atoms. The van der Waals surface area contributed by atoms with Crippen LogP contribution in [0.5, 0.6) is 0 Å². The third-order valence-electron chi connectivity index (χ3n) is 1.85. The second-order valence-electron chi connectivity index (χ2n) is 2.73. The first-order valence-electron chi connectivity index (χ1n) is 3.90. The van der Waals surface area contributed by atoms with Crippen molar-refractivity contribution in [3.8, 4) is 0 Å². The fourth-order valence-electron chi connectivity index (χ4n) is 1.06. The van der Waals surface area contributed by atoms with Gasteiger partial charge in [0.25, 0.3) is 0 Å². The van der Waals surface area contributed by atoms with Gasteiger partial charge in [-0.05, 0) is 0 Å². The number of carboxylic acids is 1. The summed E-state index contributed by atoms with van der Waals surface area (Å²) in [6, 6.07) is -0.585. The SMILES string of the molecule is COC(CN1C(=O)CNC1=O)C(=O)O. The number of carbonyl (C=O) groups excluding carboxylic acids is 2. The lowest BCUT2D eigenvalue weighted by Crippen LogP contribution is -2.41. The topological polar surface area (TPSA) is 95.9 Å². The Kier molecular flexibility index (Phi) is 3.03. The minimum Gasteiger partial charge on any atom is -0.479 e. The fraction of sp³-hybridized carbons (Fsp3) is 0.571. The highest BCUT2D eigenvalue weighted by Gasteiger charge is 2.32. The second-order valence-corrected chi connectivity index (χ2v) is 2.73. The number of ether oxygens (including phenoxy) is 1. The third kappa shape index (κ3) is 1.99. The summed E-state index contributed by atoms with van der Waals surface area (Å²) < 4.78 is 4.60. The van der Waals surface area contributed by atoms with Crippen LogP contribution >= 0.6 is 0 Å². The first-order chi connectivity index (χ1) is 6.56. The van der Waals surface area contributed by atoms with Gasteiger partial charge in [-0.3, -0.25) is 9.69 Å². The van der Waals surface area contributed by atoms with Gasteiger partial charge in [0.05, 0.1) is 13.1 Å². The number of carbonyl (C=O) groups is 3. The van der Waals surface area contributed by atoms with E-state index in [0.717, 1.165) is 4.90 Å². The van der Waals surface area contributed by atoms with E-state index in [-0.39, 0.29) is 13.1 Å². The largest absolute Gasteiger partial charge is 0.479 e. The van der Waals surface area contributed by atoms with Crippen molar-refractivity contribution in [2.75, 3.05) is 20.2 Å². The molecule has 78 valence electrons. The normalized spacial score (nSPS) is 18.2. The van der Waals surface area contributed by atoms with Crippen molar-refractivity contribution in [3.63, 3.8) is 0 Å².